The number of benzene rings is 2. The zero-order valence-corrected chi connectivity index (χ0v) is 12.5. The van der Waals surface area contributed by atoms with Crippen molar-refractivity contribution >= 4 is 17.3 Å². The highest BCUT2D eigenvalue weighted by Gasteiger charge is 2.08. The van der Waals surface area contributed by atoms with Crippen LogP contribution in [0.15, 0.2) is 54.9 Å². The highest BCUT2D eigenvalue weighted by Crippen LogP contribution is 2.23. The minimum absolute atomic E-state index is 0.684. The van der Waals surface area contributed by atoms with Crippen molar-refractivity contribution in [1.29, 1.82) is 0 Å². The number of anilines is 1. The maximum Gasteiger partial charge on any atom is 0.140 e. The molecule has 1 heterocycles. The summed E-state index contributed by atoms with van der Waals surface area (Å²) in [4.78, 5) is 4.44. The van der Waals surface area contributed by atoms with Crippen molar-refractivity contribution in [1.82, 2.24) is 9.55 Å². The highest BCUT2D eigenvalue weighted by molar-refractivity contribution is 6.31. The van der Waals surface area contributed by atoms with Crippen LogP contribution in [0.1, 0.15) is 11.1 Å². The number of nitrogens with two attached hydrogens (primary N) is 1. The maximum absolute atomic E-state index is 6.32. The smallest absolute Gasteiger partial charge is 0.140 e. The van der Waals surface area contributed by atoms with Gasteiger partial charge >= 0.3 is 0 Å². The van der Waals surface area contributed by atoms with E-state index in [1.165, 1.54) is 0 Å². The van der Waals surface area contributed by atoms with E-state index in [-0.39, 0.29) is 0 Å². The Labute approximate surface area is 129 Å². The molecule has 0 unspecified atom stereocenters. The summed E-state index contributed by atoms with van der Waals surface area (Å²) in [7, 11) is 0. The second kappa shape index (κ2) is 5.62. The lowest BCUT2D eigenvalue weighted by Gasteiger charge is -2.10. The Morgan fingerprint density at radius 3 is 2.81 bits per heavy atom. The van der Waals surface area contributed by atoms with Crippen LogP contribution in [-0.2, 0) is 6.54 Å². The van der Waals surface area contributed by atoms with Gasteiger partial charge in [-0.05, 0) is 36.2 Å². The summed E-state index contributed by atoms with van der Waals surface area (Å²) in [5, 5.41) is 0.780. The molecule has 0 saturated heterocycles. The lowest BCUT2D eigenvalue weighted by Crippen LogP contribution is -2.02. The van der Waals surface area contributed by atoms with Gasteiger partial charge in [-0.3, -0.25) is 0 Å². The van der Waals surface area contributed by atoms with E-state index in [1.807, 2.05) is 43.5 Å². The Kier molecular flexibility index (Phi) is 3.67. The lowest BCUT2D eigenvalue weighted by atomic mass is 10.1. The molecule has 3 rings (SSSR count). The van der Waals surface area contributed by atoms with Crippen LogP contribution in [0.25, 0.3) is 11.4 Å². The van der Waals surface area contributed by atoms with Crippen molar-refractivity contribution in [2.45, 2.75) is 13.5 Å². The summed E-state index contributed by atoms with van der Waals surface area (Å²) in [5.74, 6) is 0.888. The Balaban J connectivity index is 1.96. The molecule has 0 atom stereocenters. The number of hydrogen-bond acceptors (Lipinski definition) is 2. The molecule has 106 valence electrons. The molecule has 0 bridgehead atoms. The first-order valence-electron chi connectivity index (χ1n) is 6.75. The minimum Gasteiger partial charge on any atom is -0.399 e. The molecule has 0 aliphatic heterocycles. The SMILES string of the molecule is Cc1ccc(Cn2ccnc2-c2cccc(N)c2)c(Cl)c1. The third kappa shape index (κ3) is 2.93. The van der Waals surface area contributed by atoms with Crippen LogP contribution >= 0.6 is 11.6 Å². The second-order valence-electron chi connectivity index (χ2n) is 5.10. The van der Waals surface area contributed by atoms with Crippen LogP contribution in [0, 0.1) is 6.92 Å². The molecular weight excluding hydrogens is 282 g/mol. The molecule has 0 aliphatic rings. The number of halogens is 1. The maximum atomic E-state index is 6.32. The molecule has 0 fully saturated rings. The van der Waals surface area contributed by atoms with Gasteiger partial charge in [-0.2, -0.15) is 0 Å². The fourth-order valence-electron chi connectivity index (χ4n) is 2.34. The monoisotopic (exact) mass is 297 g/mol. The first-order valence-corrected chi connectivity index (χ1v) is 7.13. The molecule has 3 aromatic rings. The van der Waals surface area contributed by atoms with Crippen LogP contribution in [0.3, 0.4) is 0 Å². The van der Waals surface area contributed by atoms with Crippen LogP contribution in [0.4, 0.5) is 5.69 Å². The Morgan fingerprint density at radius 1 is 1.19 bits per heavy atom. The van der Waals surface area contributed by atoms with E-state index in [4.69, 9.17) is 17.3 Å². The molecule has 0 saturated carbocycles. The zero-order valence-electron chi connectivity index (χ0n) is 11.8. The van der Waals surface area contributed by atoms with Gasteiger partial charge in [0, 0.05) is 28.7 Å². The van der Waals surface area contributed by atoms with Crippen molar-refractivity contribution in [3.8, 4) is 11.4 Å². The van der Waals surface area contributed by atoms with Gasteiger partial charge in [-0.25, -0.2) is 4.98 Å². The largest absolute Gasteiger partial charge is 0.399 e. The van der Waals surface area contributed by atoms with Crippen LogP contribution in [0.2, 0.25) is 5.02 Å². The van der Waals surface area contributed by atoms with Gasteiger partial charge in [-0.1, -0.05) is 35.9 Å². The van der Waals surface area contributed by atoms with Crippen molar-refractivity contribution < 1.29 is 0 Å². The normalized spacial score (nSPS) is 10.8. The molecule has 4 heteroatoms. The van der Waals surface area contributed by atoms with Gasteiger partial charge in [-0.15, -0.1) is 0 Å². The summed E-state index contributed by atoms with van der Waals surface area (Å²) in [6, 6.07) is 13.8. The van der Waals surface area contributed by atoms with Gasteiger partial charge < -0.3 is 10.3 Å². The first-order chi connectivity index (χ1) is 10.1. The number of nitrogen functional groups attached to an aromatic ring is 1. The van der Waals surface area contributed by atoms with E-state index < -0.39 is 0 Å². The quantitative estimate of drug-likeness (QED) is 0.738. The molecule has 3 nitrogen and oxygen atoms in total. The summed E-state index contributed by atoms with van der Waals surface area (Å²) in [6.07, 6.45) is 3.75. The van der Waals surface area contributed by atoms with Crippen LogP contribution in [-0.4, -0.2) is 9.55 Å². The van der Waals surface area contributed by atoms with Crippen molar-refractivity contribution in [2.24, 2.45) is 0 Å². The number of aromatic nitrogens is 2. The fraction of sp³-hybridized carbons (Fsp3) is 0.118. The molecule has 0 amide bonds. The summed E-state index contributed by atoms with van der Waals surface area (Å²) in [5.41, 5.74) is 9.82. The summed E-state index contributed by atoms with van der Waals surface area (Å²) in [6.45, 7) is 2.72. The number of imidazole rings is 1. The standard InChI is InChI=1S/C17H16ClN3/c1-12-5-6-14(16(18)9-12)11-21-8-7-20-17(21)13-3-2-4-15(19)10-13/h2-10H,11,19H2,1H3. The topological polar surface area (TPSA) is 43.8 Å². The molecule has 21 heavy (non-hydrogen) atoms. The Morgan fingerprint density at radius 2 is 2.05 bits per heavy atom. The van der Waals surface area contributed by atoms with E-state index in [0.29, 0.717) is 6.54 Å². The molecular formula is C17H16ClN3. The Hall–Kier alpha value is -2.26. The first kappa shape index (κ1) is 13.7. The van der Waals surface area contributed by atoms with Crippen molar-refractivity contribution in [3.63, 3.8) is 0 Å². The highest BCUT2D eigenvalue weighted by atomic mass is 35.5. The molecule has 2 aromatic carbocycles. The van der Waals surface area contributed by atoms with E-state index in [1.54, 1.807) is 6.20 Å². The predicted molar refractivity (Wildman–Crippen MR) is 87.4 cm³/mol. The van der Waals surface area contributed by atoms with Gasteiger partial charge in [0.25, 0.3) is 0 Å². The van der Waals surface area contributed by atoms with Crippen LogP contribution in [0.5, 0.6) is 0 Å². The zero-order chi connectivity index (χ0) is 14.8. The lowest BCUT2D eigenvalue weighted by molar-refractivity contribution is 0.807. The van der Waals surface area contributed by atoms with Gasteiger partial charge in [0.15, 0.2) is 0 Å². The number of hydrogen-bond donors (Lipinski definition) is 1. The summed E-state index contributed by atoms with van der Waals surface area (Å²) < 4.78 is 2.07. The molecule has 0 radical (unpaired) electrons. The average Bonchev–Trinajstić information content (AvgIpc) is 2.90. The number of nitrogens with zero attached hydrogens (tertiary/aromatic N) is 2. The molecule has 0 aliphatic carbocycles. The van der Waals surface area contributed by atoms with Gasteiger partial charge in [0.2, 0.25) is 0 Å². The van der Waals surface area contributed by atoms with Crippen LogP contribution < -0.4 is 5.73 Å². The molecule has 1 aromatic heterocycles. The summed E-state index contributed by atoms with van der Waals surface area (Å²) >= 11 is 6.32. The molecule has 2 N–H and O–H groups in total. The van der Waals surface area contributed by atoms with E-state index >= 15 is 0 Å². The Bertz CT molecular complexity index is 777. The number of aryl methyl sites for hydroxylation is 1. The third-order valence-electron chi connectivity index (χ3n) is 3.41. The van der Waals surface area contributed by atoms with Crippen molar-refractivity contribution in [3.05, 3.63) is 71.0 Å². The van der Waals surface area contributed by atoms with Gasteiger partial charge in [0.05, 0.1) is 6.54 Å². The van der Waals surface area contributed by atoms with E-state index in [9.17, 15) is 0 Å². The fourth-order valence-corrected chi connectivity index (χ4v) is 2.63. The second-order valence-corrected chi connectivity index (χ2v) is 5.51. The third-order valence-corrected chi connectivity index (χ3v) is 3.76. The van der Waals surface area contributed by atoms with E-state index in [0.717, 1.165) is 33.2 Å². The van der Waals surface area contributed by atoms with E-state index in [2.05, 4.69) is 21.7 Å². The average molecular weight is 298 g/mol. The molecule has 0 spiro atoms. The predicted octanol–water partition coefficient (Wildman–Crippen LogP) is 4.14. The number of rotatable bonds is 3. The van der Waals surface area contributed by atoms with Crippen molar-refractivity contribution in [2.75, 3.05) is 5.73 Å². The minimum atomic E-state index is 0.684. The van der Waals surface area contributed by atoms with Gasteiger partial charge in [0.1, 0.15) is 5.82 Å².